The van der Waals surface area contributed by atoms with Gasteiger partial charge in [0, 0.05) is 11.3 Å². The van der Waals surface area contributed by atoms with Crippen LogP contribution in [-0.2, 0) is 21.9 Å². The number of carbonyl (C=O) groups excluding carboxylic acids is 2. The number of methoxy groups -OCH3 is 2. The molecule has 0 bridgehead atoms. The molecule has 1 aliphatic rings. The number of aromatic nitrogens is 2. The van der Waals surface area contributed by atoms with Crippen molar-refractivity contribution in [3.8, 4) is 17.2 Å². The lowest BCUT2D eigenvalue weighted by molar-refractivity contribution is -0.132. The molecule has 2 heterocycles. The topological polar surface area (TPSA) is 111 Å². The van der Waals surface area contributed by atoms with Crippen LogP contribution in [-0.4, -0.2) is 41.2 Å². The molecule has 6 rings (SSSR count). The Labute approximate surface area is 282 Å². The van der Waals surface area contributed by atoms with Gasteiger partial charge in [0.25, 0.3) is 5.78 Å². The quantitative estimate of drug-likeness (QED) is 0.0502. The molecule has 1 unspecified atom stereocenters. The van der Waals surface area contributed by atoms with Gasteiger partial charge in [-0.3, -0.25) is 14.5 Å². The zero-order chi connectivity index (χ0) is 33.8. The summed E-state index contributed by atoms with van der Waals surface area (Å²) in [4.78, 5) is 28.5. The zero-order valence-electron chi connectivity index (χ0n) is 25.6. The van der Waals surface area contributed by atoms with E-state index >= 15 is 0 Å². The maximum absolute atomic E-state index is 14.7. The number of aliphatic hydroxyl groups is 1. The fourth-order valence-corrected chi connectivity index (χ4v) is 6.93. The molecule has 0 spiro atoms. The van der Waals surface area contributed by atoms with Crippen LogP contribution in [0.2, 0.25) is 0 Å². The third-order valence-electron chi connectivity index (χ3n) is 7.49. The summed E-state index contributed by atoms with van der Waals surface area (Å²) in [5.41, 5.74) is 1.88. The van der Waals surface area contributed by atoms with Gasteiger partial charge in [-0.05, 0) is 59.2 Å². The molecule has 1 aliphatic heterocycles. The number of halogens is 2. The summed E-state index contributed by atoms with van der Waals surface area (Å²) in [6.07, 6.45) is 0. The van der Waals surface area contributed by atoms with Crippen molar-refractivity contribution in [3.05, 3.63) is 130 Å². The first kappa shape index (κ1) is 32.7. The van der Waals surface area contributed by atoms with Crippen molar-refractivity contribution in [1.82, 2.24) is 10.2 Å². The number of benzene rings is 4. The highest BCUT2D eigenvalue weighted by molar-refractivity contribution is 8.00. The second-order valence-corrected chi connectivity index (χ2v) is 12.6. The van der Waals surface area contributed by atoms with Crippen LogP contribution in [0.15, 0.2) is 101 Å². The second kappa shape index (κ2) is 14.2. The van der Waals surface area contributed by atoms with Gasteiger partial charge in [0.2, 0.25) is 5.13 Å². The number of Topliss-reactive ketones (excluding diaryl/α,β-unsaturated/α-hetero) is 1. The van der Waals surface area contributed by atoms with Crippen LogP contribution < -0.4 is 19.1 Å². The zero-order valence-corrected chi connectivity index (χ0v) is 27.2. The van der Waals surface area contributed by atoms with E-state index in [0.29, 0.717) is 27.2 Å². The smallest absolute Gasteiger partial charge is 0.301 e. The molecule has 48 heavy (non-hydrogen) atoms. The van der Waals surface area contributed by atoms with Crippen molar-refractivity contribution in [2.45, 2.75) is 22.7 Å². The molecular formula is C35H27F2N3O6S2. The summed E-state index contributed by atoms with van der Waals surface area (Å²) in [6.45, 7) is 0.265. The van der Waals surface area contributed by atoms with Gasteiger partial charge in [0.15, 0.2) is 27.4 Å². The van der Waals surface area contributed by atoms with Gasteiger partial charge >= 0.3 is 5.91 Å². The molecule has 4 aromatic carbocycles. The van der Waals surface area contributed by atoms with E-state index in [-0.39, 0.29) is 34.4 Å². The number of nitrogens with zero attached hydrogens (tertiary/aromatic N) is 3. The maximum atomic E-state index is 14.7. The van der Waals surface area contributed by atoms with Crippen molar-refractivity contribution >= 4 is 45.7 Å². The number of aliphatic hydroxyl groups excluding tert-OH is 1. The fourth-order valence-electron chi connectivity index (χ4n) is 5.11. The number of anilines is 1. The first-order valence-corrected chi connectivity index (χ1v) is 16.3. The number of hydrogen-bond donors (Lipinski definition) is 1. The first-order valence-electron chi connectivity index (χ1n) is 14.5. The standard InChI is InChI=1S/C35H27F2N3O6S2/c1-44-26-14-11-23(16-25(26)37)31(41)29-30(22-10-15-27(28(17-22)45-2)46-18-20-6-4-3-5-7-20)40(33(43)32(29)42)34-38-39-35(48-34)47-19-21-8-12-24(36)13-9-21/h3-17,30,41H,18-19H2,1-2H3. The molecule has 13 heteroatoms. The molecule has 1 fully saturated rings. The average molecular weight is 688 g/mol. The molecule has 1 saturated heterocycles. The third kappa shape index (κ3) is 6.73. The van der Waals surface area contributed by atoms with E-state index in [9.17, 15) is 23.5 Å². The van der Waals surface area contributed by atoms with Gasteiger partial charge in [0.1, 0.15) is 18.2 Å². The number of hydrogen-bond acceptors (Lipinski definition) is 10. The van der Waals surface area contributed by atoms with Crippen LogP contribution in [0.5, 0.6) is 17.2 Å². The predicted molar refractivity (Wildman–Crippen MR) is 177 cm³/mol. The van der Waals surface area contributed by atoms with Gasteiger partial charge < -0.3 is 19.3 Å². The molecule has 9 nitrogen and oxygen atoms in total. The number of carbonyl (C=O) groups is 2. The molecule has 0 radical (unpaired) electrons. The van der Waals surface area contributed by atoms with Gasteiger partial charge in [-0.25, -0.2) is 8.78 Å². The Hall–Kier alpha value is -5.27. The van der Waals surface area contributed by atoms with E-state index in [1.165, 1.54) is 50.2 Å². The Morgan fingerprint density at radius 1 is 0.875 bits per heavy atom. The monoisotopic (exact) mass is 687 g/mol. The largest absolute Gasteiger partial charge is 0.507 e. The first-order chi connectivity index (χ1) is 23.3. The predicted octanol–water partition coefficient (Wildman–Crippen LogP) is 7.33. The summed E-state index contributed by atoms with van der Waals surface area (Å²) >= 11 is 2.40. The normalized spacial score (nSPS) is 15.5. The Balaban J connectivity index is 1.39. The summed E-state index contributed by atoms with van der Waals surface area (Å²) in [5.74, 6) is -2.50. The summed E-state index contributed by atoms with van der Waals surface area (Å²) < 4.78 is 45.2. The summed E-state index contributed by atoms with van der Waals surface area (Å²) in [7, 11) is 2.76. The number of ketones is 1. The van der Waals surface area contributed by atoms with Crippen molar-refractivity contribution in [1.29, 1.82) is 0 Å². The van der Waals surface area contributed by atoms with E-state index in [4.69, 9.17) is 14.2 Å². The van der Waals surface area contributed by atoms with E-state index in [1.807, 2.05) is 30.3 Å². The molecule has 1 N–H and O–H groups in total. The minimum atomic E-state index is -1.19. The van der Waals surface area contributed by atoms with Crippen molar-refractivity contribution < 1.29 is 37.7 Å². The Bertz CT molecular complexity index is 2000. The molecule has 0 aliphatic carbocycles. The van der Waals surface area contributed by atoms with Crippen molar-refractivity contribution in [3.63, 3.8) is 0 Å². The van der Waals surface area contributed by atoms with E-state index in [1.54, 1.807) is 30.3 Å². The minimum absolute atomic E-state index is 0.0288. The van der Waals surface area contributed by atoms with Crippen LogP contribution in [0.3, 0.4) is 0 Å². The molecule has 5 aromatic rings. The van der Waals surface area contributed by atoms with Crippen molar-refractivity contribution in [2.24, 2.45) is 0 Å². The Kier molecular flexibility index (Phi) is 9.69. The van der Waals surface area contributed by atoms with Crippen molar-refractivity contribution in [2.75, 3.05) is 19.1 Å². The van der Waals surface area contributed by atoms with E-state index in [0.717, 1.165) is 33.4 Å². The van der Waals surface area contributed by atoms with Gasteiger partial charge in [-0.15, -0.1) is 10.2 Å². The lowest BCUT2D eigenvalue weighted by Gasteiger charge is -2.23. The highest BCUT2D eigenvalue weighted by Crippen LogP contribution is 2.46. The van der Waals surface area contributed by atoms with Crippen LogP contribution in [0.25, 0.3) is 5.76 Å². The summed E-state index contributed by atoms with van der Waals surface area (Å²) in [6, 6.07) is 23.0. The number of amides is 1. The van der Waals surface area contributed by atoms with Crippen LogP contribution in [0.1, 0.15) is 28.3 Å². The highest BCUT2D eigenvalue weighted by atomic mass is 32.2. The van der Waals surface area contributed by atoms with E-state index in [2.05, 4.69) is 10.2 Å². The maximum Gasteiger partial charge on any atom is 0.301 e. The van der Waals surface area contributed by atoms with E-state index < -0.39 is 29.3 Å². The van der Waals surface area contributed by atoms with Crippen LogP contribution in [0.4, 0.5) is 13.9 Å². The molecule has 1 aromatic heterocycles. The molecule has 244 valence electrons. The lowest BCUT2D eigenvalue weighted by Crippen LogP contribution is -2.29. The fraction of sp³-hybridized carbons (Fsp3) is 0.143. The molecule has 0 saturated carbocycles. The molecule has 1 atom stereocenters. The van der Waals surface area contributed by atoms with Crippen LogP contribution >= 0.6 is 23.1 Å². The Morgan fingerprint density at radius 3 is 2.31 bits per heavy atom. The number of ether oxygens (including phenoxy) is 3. The molecular weight excluding hydrogens is 661 g/mol. The average Bonchev–Trinajstić information content (AvgIpc) is 3.68. The lowest BCUT2D eigenvalue weighted by atomic mass is 9.95. The number of thioether (sulfide) groups is 1. The van der Waals surface area contributed by atoms with Crippen LogP contribution in [0, 0.1) is 11.6 Å². The Morgan fingerprint density at radius 2 is 1.60 bits per heavy atom. The SMILES string of the molecule is COc1ccc(C(O)=C2C(=O)C(=O)N(c3nnc(SCc4ccc(F)cc4)s3)C2c2ccc(OCc3ccccc3)c(OC)c2)cc1F. The second-order valence-electron chi connectivity index (χ2n) is 10.5. The minimum Gasteiger partial charge on any atom is -0.507 e. The number of rotatable bonds is 11. The highest BCUT2D eigenvalue weighted by Gasteiger charge is 2.48. The third-order valence-corrected chi connectivity index (χ3v) is 9.61. The van der Waals surface area contributed by atoms with Gasteiger partial charge in [-0.1, -0.05) is 71.6 Å². The van der Waals surface area contributed by atoms with Gasteiger partial charge in [0.05, 0.1) is 25.8 Å². The summed E-state index contributed by atoms with van der Waals surface area (Å²) in [5, 5.41) is 20.0. The van der Waals surface area contributed by atoms with Gasteiger partial charge in [-0.2, -0.15) is 0 Å². The molecule has 1 amide bonds.